The van der Waals surface area contributed by atoms with Crippen molar-refractivity contribution < 1.29 is 9.90 Å². The first-order valence-electron chi connectivity index (χ1n) is 6.38. The van der Waals surface area contributed by atoms with E-state index in [9.17, 15) is 4.79 Å². The predicted octanol–water partition coefficient (Wildman–Crippen LogP) is 3.06. The van der Waals surface area contributed by atoms with Crippen LogP contribution < -0.4 is 5.32 Å². The molecule has 1 atom stereocenters. The van der Waals surface area contributed by atoms with Gasteiger partial charge in [0.25, 0.3) is 0 Å². The van der Waals surface area contributed by atoms with Crippen molar-refractivity contribution in [1.29, 1.82) is 0 Å². The average Bonchev–Trinajstić information content (AvgIpc) is 2.39. The molecular weight excluding hydrogens is 285 g/mol. The molecule has 0 bridgehead atoms. The minimum absolute atomic E-state index is 0.0465. The highest BCUT2D eigenvalue weighted by Crippen LogP contribution is 2.22. The van der Waals surface area contributed by atoms with Crippen LogP contribution >= 0.6 is 23.2 Å². The maximum Gasteiger partial charge on any atom is 0.224 e. The molecule has 0 aromatic heterocycles. The lowest BCUT2D eigenvalue weighted by Crippen LogP contribution is -2.30. The molecule has 1 aromatic rings. The molecule has 5 heteroatoms. The molecule has 0 heterocycles. The number of carbonyl (C=O) groups is 1. The number of rotatable bonds is 7. The summed E-state index contributed by atoms with van der Waals surface area (Å²) >= 11 is 11.7. The molecule has 1 aromatic carbocycles. The first kappa shape index (κ1) is 16.3. The molecule has 0 aliphatic heterocycles. The van der Waals surface area contributed by atoms with Crippen LogP contribution in [0.2, 0.25) is 10.0 Å². The van der Waals surface area contributed by atoms with Gasteiger partial charge in [-0.05, 0) is 30.0 Å². The zero-order valence-corrected chi connectivity index (χ0v) is 12.5. The molecule has 1 rings (SSSR count). The molecule has 1 amide bonds. The Kier molecular flexibility index (Phi) is 7.21. The summed E-state index contributed by atoms with van der Waals surface area (Å²) in [6, 6.07) is 5.18. The highest BCUT2D eigenvalue weighted by atomic mass is 35.5. The summed E-state index contributed by atoms with van der Waals surface area (Å²) in [5.74, 6) is 0.275. The molecule has 0 fully saturated rings. The number of hydrogen-bond acceptors (Lipinski definition) is 2. The first-order valence-corrected chi connectivity index (χ1v) is 7.13. The quantitative estimate of drug-likeness (QED) is 0.813. The van der Waals surface area contributed by atoms with Gasteiger partial charge in [0.15, 0.2) is 0 Å². The molecule has 0 saturated carbocycles. The largest absolute Gasteiger partial charge is 0.396 e. The third-order valence-corrected chi connectivity index (χ3v) is 3.79. The van der Waals surface area contributed by atoms with E-state index in [1.54, 1.807) is 18.2 Å². The lowest BCUT2D eigenvalue weighted by molar-refractivity contribution is -0.120. The normalized spacial score (nSPS) is 12.2. The van der Waals surface area contributed by atoms with Crippen LogP contribution in [-0.4, -0.2) is 24.2 Å². The lowest BCUT2D eigenvalue weighted by atomic mass is 10.0. The van der Waals surface area contributed by atoms with Crippen molar-refractivity contribution in [3.8, 4) is 0 Å². The average molecular weight is 304 g/mol. The molecule has 19 heavy (non-hydrogen) atoms. The molecule has 106 valence electrons. The Hall–Kier alpha value is -0.770. The van der Waals surface area contributed by atoms with Crippen molar-refractivity contribution in [1.82, 2.24) is 5.32 Å². The van der Waals surface area contributed by atoms with E-state index < -0.39 is 0 Å². The van der Waals surface area contributed by atoms with E-state index in [-0.39, 0.29) is 18.9 Å². The summed E-state index contributed by atoms with van der Waals surface area (Å²) in [5, 5.41) is 12.7. The van der Waals surface area contributed by atoms with Gasteiger partial charge in [-0.2, -0.15) is 0 Å². The highest BCUT2D eigenvalue weighted by Gasteiger charge is 2.09. The van der Waals surface area contributed by atoms with Crippen LogP contribution in [0.25, 0.3) is 0 Å². The third kappa shape index (κ3) is 5.81. The van der Waals surface area contributed by atoms with Crippen molar-refractivity contribution in [2.24, 2.45) is 5.92 Å². The smallest absolute Gasteiger partial charge is 0.224 e. The second-order valence-corrected chi connectivity index (χ2v) is 5.33. The van der Waals surface area contributed by atoms with Crippen LogP contribution in [0.5, 0.6) is 0 Å². The van der Waals surface area contributed by atoms with Gasteiger partial charge in [0.2, 0.25) is 5.91 Å². The van der Waals surface area contributed by atoms with Crippen molar-refractivity contribution in [3.63, 3.8) is 0 Å². The second-order valence-electron chi connectivity index (χ2n) is 4.52. The predicted molar refractivity (Wildman–Crippen MR) is 78.7 cm³/mol. The van der Waals surface area contributed by atoms with Gasteiger partial charge in [0.05, 0.1) is 16.5 Å². The zero-order valence-electron chi connectivity index (χ0n) is 11.0. The topological polar surface area (TPSA) is 49.3 Å². The lowest BCUT2D eigenvalue weighted by Gasteiger charge is -2.14. The number of amides is 1. The number of hydrogen-bond donors (Lipinski definition) is 2. The SMILES string of the molecule is CCC(CCO)CNC(=O)Cc1ccc(Cl)c(Cl)c1. The second kappa shape index (κ2) is 8.41. The number of aliphatic hydroxyl groups excluding tert-OH is 1. The Morgan fingerprint density at radius 3 is 2.68 bits per heavy atom. The summed E-state index contributed by atoms with van der Waals surface area (Å²) in [7, 11) is 0. The van der Waals surface area contributed by atoms with E-state index in [0.29, 0.717) is 28.9 Å². The van der Waals surface area contributed by atoms with Gasteiger partial charge in [-0.3, -0.25) is 4.79 Å². The molecule has 3 nitrogen and oxygen atoms in total. The van der Waals surface area contributed by atoms with Crippen LogP contribution in [0.4, 0.5) is 0 Å². The Labute approximate surface area is 123 Å². The zero-order chi connectivity index (χ0) is 14.3. The van der Waals surface area contributed by atoms with E-state index in [1.165, 1.54) is 0 Å². The molecule has 0 aliphatic carbocycles. The fraction of sp³-hybridized carbons (Fsp3) is 0.500. The van der Waals surface area contributed by atoms with Crippen molar-refractivity contribution >= 4 is 29.1 Å². The van der Waals surface area contributed by atoms with Crippen molar-refractivity contribution in [2.75, 3.05) is 13.2 Å². The van der Waals surface area contributed by atoms with Gasteiger partial charge in [-0.25, -0.2) is 0 Å². The summed E-state index contributed by atoms with van der Waals surface area (Å²) in [6.45, 7) is 2.80. The van der Waals surface area contributed by atoms with E-state index in [2.05, 4.69) is 5.32 Å². The molecule has 0 aliphatic rings. The Morgan fingerprint density at radius 1 is 1.37 bits per heavy atom. The summed E-state index contributed by atoms with van der Waals surface area (Å²) < 4.78 is 0. The molecule has 0 radical (unpaired) electrons. The van der Waals surface area contributed by atoms with E-state index in [1.807, 2.05) is 6.92 Å². The maximum atomic E-state index is 11.8. The summed E-state index contributed by atoms with van der Waals surface area (Å²) in [6.07, 6.45) is 1.93. The number of aliphatic hydroxyl groups is 1. The Morgan fingerprint density at radius 2 is 2.11 bits per heavy atom. The van der Waals surface area contributed by atoms with Crippen LogP contribution in [0.3, 0.4) is 0 Å². The van der Waals surface area contributed by atoms with Crippen LogP contribution in [-0.2, 0) is 11.2 Å². The molecule has 0 spiro atoms. The molecular formula is C14H19Cl2NO2. The first-order chi connectivity index (χ1) is 9.06. The van der Waals surface area contributed by atoms with Crippen LogP contribution in [0.1, 0.15) is 25.3 Å². The van der Waals surface area contributed by atoms with Gasteiger partial charge in [0.1, 0.15) is 0 Å². The molecule has 2 N–H and O–H groups in total. The van der Waals surface area contributed by atoms with Gasteiger partial charge >= 0.3 is 0 Å². The van der Waals surface area contributed by atoms with Gasteiger partial charge < -0.3 is 10.4 Å². The summed E-state index contributed by atoms with van der Waals surface area (Å²) in [4.78, 5) is 11.8. The fourth-order valence-electron chi connectivity index (χ4n) is 1.79. The van der Waals surface area contributed by atoms with Crippen LogP contribution in [0, 0.1) is 5.92 Å². The number of halogens is 2. The minimum atomic E-state index is -0.0465. The van der Waals surface area contributed by atoms with Gasteiger partial charge in [-0.15, -0.1) is 0 Å². The number of carbonyl (C=O) groups excluding carboxylic acids is 1. The standard InChI is InChI=1S/C14H19Cl2NO2/c1-2-10(5-6-18)9-17-14(19)8-11-3-4-12(15)13(16)7-11/h3-4,7,10,18H,2,5-6,8-9H2,1H3,(H,17,19). The number of benzene rings is 1. The van der Waals surface area contributed by atoms with E-state index >= 15 is 0 Å². The monoisotopic (exact) mass is 303 g/mol. The Bertz CT molecular complexity index is 424. The van der Waals surface area contributed by atoms with Crippen molar-refractivity contribution in [3.05, 3.63) is 33.8 Å². The summed E-state index contributed by atoms with van der Waals surface area (Å²) in [5.41, 5.74) is 0.835. The minimum Gasteiger partial charge on any atom is -0.396 e. The molecule has 0 saturated heterocycles. The van der Waals surface area contributed by atoms with Gasteiger partial charge in [-0.1, -0.05) is 42.6 Å². The third-order valence-electron chi connectivity index (χ3n) is 3.05. The van der Waals surface area contributed by atoms with Crippen LogP contribution in [0.15, 0.2) is 18.2 Å². The highest BCUT2D eigenvalue weighted by molar-refractivity contribution is 6.42. The fourth-order valence-corrected chi connectivity index (χ4v) is 2.11. The number of nitrogens with one attached hydrogen (secondary N) is 1. The molecule has 1 unspecified atom stereocenters. The van der Waals surface area contributed by atoms with Gasteiger partial charge in [0, 0.05) is 13.2 Å². The van der Waals surface area contributed by atoms with Crippen molar-refractivity contribution in [2.45, 2.75) is 26.2 Å². The maximum absolute atomic E-state index is 11.8. The Balaban J connectivity index is 2.44. The van der Waals surface area contributed by atoms with E-state index in [4.69, 9.17) is 28.3 Å². The van der Waals surface area contributed by atoms with E-state index in [0.717, 1.165) is 12.0 Å².